The van der Waals surface area contributed by atoms with E-state index in [4.69, 9.17) is 14.2 Å². The summed E-state index contributed by atoms with van der Waals surface area (Å²) in [6.07, 6.45) is 67.9. The van der Waals surface area contributed by atoms with Gasteiger partial charge in [0.05, 0.1) is 0 Å². The molecule has 0 heterocycles. The highest BCUT2D eigenvalue weighted by molar-refractivity contribution is 5.71. The third-order valence-electron chi connectivity index (χ3n) is 10.4. The fraction of sp³-hybridized carbons (Fsp3) is 0.632. The number of unbranched alkanes of at least 4 members (excludes halogenated alkanes) is 19. The summed E-state index contributed by atoms with van der Waals surface area (Å²) in [6, 6.07) is 0. The van der Waals surface area contributed by atoms with Crippen molar-refractivity contribution in [2.24, 2.45) is 0 Å². The van der Waals surface area contributed by atoms with Crippen LogP contribution in [-0.4, -0.2) is 37.2 Å². The number of carbonyl (C=O) groups is 3. The molecule has 0 aromatic heterocycles. The first-order valence-corrected chi connectivity index (χ1v) is 25.5. The first-order valence-electron chi connectivity index (χ1n) is 25.5. The second-order valence-corrected chi connectivity index (χ2v) is 16.4. The van der Waals surface area contributed by atoms with Crippen molar-refractivity contribution >= 4 is 17.9 Å². The Labute approximate surface area is 387 Å². The van der Waals surface area contributed by atoms with E-state index in [0.717, 1.165) is 89.9 Å². The topological polar surface area (TPSA) is 78.9 Å². The minimum Gasteiger partial charge on any atom is -0.462 e. The maximum Gasteiger partial charge on any atom is 0.306 e. The van der Waals surface area contributed by atoms with Gasteiger partial charge < -0.3 is 14.2 Å². The second-order valence-electron chi connectivity index (χ2n) is 16.4. The molecule has 0 aromatic rings. The van der Waals surface area contributed by atoms with Gasteiger partial charge in [0.2, 0.25) is 0 Å². The van der Waals surface area contributed by atoms with E-state index in [2.05, 4.69) is 106 Å². The molecule has 0 aromatic carbocycles. The maximum atomic E-state index is 12.8. The molecule has 6 heteroatoms. The second kappa shape index (κ2) is 50.7. The Bertz CT molecular complexity index is 1330. The third kappa shape index (κ3) is 49.0. The van der Waals surface area contributed by atoms with Gasteiger partial charge in [-0.1, -0.05) is 214 Å². The Morgan fingerprint density at radius 3 is 1.22 bits per heavy atom. The zero-order valence-corrected chi connectivity index (χ0v) is 40.5. The Morgan fingerprint density at radius 2 is 0.714 bits per heavy atom. The average Bonchev–Trinajstić information content (AvgIpc) is 3.28. The van der Waals surface area contributed by atoms with E-state index < -0.39 is 6.10 Å². The number of esters is 3. The standard InChI is InChI=1S/C57H92O6/c1-4-7-10-13-16-19-22-24-26-27-28-29-31-32-35-38-41-44-47-50-56(59)62-53-54(52-61-55(58)49-46-43-40-37-34-21-18-15-12-9-6-3)63-57(60)51-48-45-42-39-36-33-30-25-23-20-17-14-11-8-5-2/h8-9,11-12,14,16-25,30,37,40,54H,4-7,10,13,15,26-29,31-36,38-39,41-53H2,1-3H3/b11-8-,12-9-,17-14-,19-16-,21-18-,23-20-,24-22-,30-25-,40-37-. The largest absolute Gasteiger partial charge is 0.462 e. The monoisotopic (exact) mass is 873 g/mol. The Hall–Kier alpha value is -3.93. The van der Waals surface area contributed by atoms with Crippen molar-refractivity contribution in [2.75, 3.05) is 13.2 Å². The van der Waals surface area contributed by atoms with Crippen molar-refractivity contribution in [1.29, 1.82) is 0 Å². The molecule has 63 heavy (non-hydrogen) atoms. The highest BCUT2D eigenvalue weighted by Gasteiger charge is 2.19. The Morgan fingerprint density at radius 1 is 0.349 bits per heavy atom. The Balaban J connectivity index is 4.44. The molecular weight excluding hydrogens is 781 g/mol. The van der Waals surface area contributed by atoms with Crippen molar-refractivity contribution < 1.29 is 28.6 Å². The molecular formula is C57H92O6. The van der Waals surface area contributed by atoms with Gasteiger partial charge in [-0.2, -0.15) is 0 Å². The van der Waals surface area contributed by atoms with Gasteiger partial charge in [-0.3, -0.25) is 14.4 Å². The van der Waals surface area contributed by atoms with Crippen LogP contribution in [0.5, 0.6) is 0 Å². The summed E-state index contributed by atoms with van der Waals surface area (Å²) >= 11 is 0. The van der Waals surface area contributed by atoms with E-state index in [1.807, 2.05) is 24.3 Å². The summed E-state index contributed by atoms with van der Waals surface area (Å²) in [4.78, 5) is 37.9. The molecule has 0 bridgehead atoms. The van der Waals surface area contributed by atoms with E-state index in [1.165, 1.54) is 77.0 Å². The molecule has 0 saturated heterocycles. The SMILES string of the molecule is CC\C=C/C=C\C=C/C=C\CCCCCCCC(=O)OC(COC(=O)CCC/C=C\C/C=C\C/C=C\CC)COC(=O)CCCCCCCCCCCC/C=C\C=C/CCCCC. The lowest BCUT2D eigenvalue weighted by atomic mass is 10.1. The van der Waals surface area contributed by atoms with Crippen LogP contribution in [-0.2, 0) is 28.6 Å². The van der Waals surface area contributed by atoms with Crippen molar-refractivity contribution in [2.45, 2.75) is 219 Å². The lowest BCUT2D eigenvalue weighted by molar-refractivity contribution is -0.167. The minimum atomic E-state index is -0.813. The molecule has 0 N–H and O–H groups in total. The van der Waals surface area contributed by atoms with E-state index in [-0.39, 0.29) is 44.0 Å². The quantitative estimate of drug-likeness (QED) is 0.0199. The molecule has 0 radical (unpaired) electrons. The smallest absolute Gasteiger partial charge is 0.306 e. The van der Waals surface area contributed by atoms with Gasteiger partial charge in [-0.15, -0.1) is 0 Å². The fourth-order valence-corrected chi connectivity index (χ4v) is 6.58. The molecule has 1 atom stereocenters. The van der Waals surface area contributed by atoms with Crippen molar-refractivity contribution in [3.05, 3.63) is 109 Å². The molecule has 0 aliphatic heterocycles. The zero-order chi connectivity index (χ0) is 45.8. The maximum absolute atomic E-state index is 12.8. The summed E-state index contributed by atoms with van der Waals surface area (Å²) < 4.78 is 16.7. The Kier molecular flexibility index (Phi) is 47.5. The van der Waals surface area contributed by atoms with Crippen LogP contribution >= 0.6 is 0 Å². The normalized spacial score (nSPS) is 13.0. The van der Waals surface area contributed by atoms with Crippen LogP contribution in [0.4, 0.5) is 0 Å². The molecule has 0 fully saturated rings. The first kappa shape index (κ1) is 59.1. The molecule has 0 aliphatic rings. The lowest BCUT2D eigenvalue weighted by Gasteiger charge is -2.18. The summed E-state index contributed by atoms with van der Waals surface area (Å²) in [5.41, 5.74) is 0. The van der Waals surface area contributed by atoms with E-state index in [0.29, 0.717) is 12.8 Å². The summed E-state index contributed by atoms with van der Waals surface area (Å²) in [6.45, 7) is 6.27. The van der Waals surface area contributed by atoms with Gasteiger partial charge in [-0.25, -0.2) is 0 Å². The minimum absolute atomic E-state index is 0.107. The van der Waals surface area contributed by atoms with Gasteiger partial charge in [0.15, 0.2) is 6.10 Å². The van der Waals surface area contributed by atoms with Crippen molar-refractivity contribution in [3.8, 4) is 0 Å². The highest BCUT2D eigenvalue weighted by Crippen LogP contribution is 2.14. The molecule has 1 unspecified atom stereocenters. The highest BCUT2D eigenvalue weighted by atomic mass is 16.6. The van der Waals surface area contributed by atoms with E-state index >= 15 is 0 Å². The van der Waals surface area contributed by atoms with Crippen LogP contribution in [0.3, 0.4) is 0 Å². The van der Waals surface area contributed by atoms with Crippen LogP contribution in [0.15, 0.2) is 109 Å². The predicted molar refractivity (Wildman–Crippen MR) is 270 cm³/mol. The summed E-state index contributed by atoms with van der Waals surface area (Å²) in [5, 5.41) is 0. The van der Waals surface area contributed by atoms with Gasteiger partial charge in [0.1, 0.15) is 13.2 Å². The molecule has 0 saturated carbocycles. The summed E-state index contributed by atoms with van der Waals surface area (Å²) in [7, 11) is 0. The molecule has 0 aliphatic carbocycles. The van der Waals surface area contributed by atoms with Gasteiger partial charge >= 0.3 is 17.9 Å². The van der Waals surface area contributed by atoms with Crippen LogP contribution in [0, 0.1) is 0 Å². The molecule has 356 valence electrons. The van der Waals surface area contributed by atoms with E-state index in [1.54, 1.807) is 0 Å². The number of hydrogen-bond donors (Lipinski definition) is 0. The van der Waals surface area contributed by atoms with Crippen LogP contribution < -0.4 is 0 Å². The average molecular weight is 873 g/mol. The number of allylic oxidation sites excluding steroid dienone is 18. The zero-order valence-electron chi connectivity index (χ0n) is 40.5. The number of rotatable bonds is 44. The van der Waals surface area contributed by atoms with Gasteiger partial charge in [0, 0.05) is 19.3 Å². The number of hydrogen-bond acceptors (Lipinski definition) is 6. The molecule has 0 amide bonds. The number of carbonyl (C=O) groups excluding carboxylic acids is 3. The number of ether oxygens (including phenoxy) is 3. The predicted octanol–water partition coefficient (Wildman–Crippen LogP) is 16.8. The lowest BCUT2D eigenvalue weighted by Crippen LogP contribution is -2.30. The first-order chi connectivity index (χ1) is 31.0. The molecule has 0 rings (SSSR count). The molecule has 0 spiro atoms. The van der Waals surface area contributed by atoms with Crippen molar-refractivity contribution in [3.63, 3.8) is 0 Å². The van der Waals surface area contributed by atoms with Gasteiger partial charge in [-0.05, 0) is 89.9 Å². The molecule has 6 nitrogen and oxygen atoms in total. The fourth-order valence-electron chi connectivity index (χ4n) is 6.58. The van der Waals surface area contributed by atoms with Gasteiger partial charge in [0.25, 0.3) is 0 Å². The van der Waals surface area contributed by atoms with Crippen LogP contribution in [0.2, 0.25) is 0 Å². The van der Waals surface area contributed by atoms with Crippen LogP contribution in [0.1, 0.15) is 213 Å². The summed E-state index contributed by atoms with van der Waals surface area (Å²) in [5.74, 6) is -0.998. The van der Waals surface area contributed by atoms with E-state index in [9.17, 15) is 14.4 Å². The van der Waals surface area contributed by atoms with Crippen LogP contribution in [0.25, 0.3) is 0 Å². The van der Waals surface area contributed by atoms with Crippen molar-refractivity contribution in [1.82, 2.24) is 0 Å². The third-order valence-corrected chi connectivity index (χ3v) is 10.4.